The summed E-state index contributed by atoms with van der Waals surface area (Å²) in [5.74, 6) is -1.25. The van der Waals surface area contributed by atoms with Crippen molar-refractivity contribution < 1.29 is 24.2 Å². The molecule has 1 atom stereocenters. The van der Waals surface area contributed by atoms with Crippen LogP contribution < -0.4 is 10.6 Å². The van der Waals surface area contributed by atoms with Gasteiger partial charge in [-0.3, -0.25) is 4.79 Å². The van der Waals surface area contributed by atoms with E-state index in [1.165, 1.54) is 0 Å². The minimum absolute atomic E-state index is 0.0357. The number of amides is 2. The summed E-state index contributed by atoms with van der Waals surface area (Å²) in [6, 6.07) is 15.3. The fraction of sp³-hybridized carbons (Fsp3) is 0.444. The van der Waals surface area contributed by atoms with Gasteiger partial charge in [0.15, 0.2) is 0 Å². The number of benzene rings is 2. The van der Waals surface area contributed by atoms with E-state index >= 15 is 0 Å². The third-order valence-electron chi connectivity index (χ3n) is 7.02. The van der Waals surface area contributed by atoms with Crippen LogP contribution in [-0.2, 0) is 14.3 Å². The first-order valence-electron chi connectivity index (χ1n) is 11.9. The molecule has 0 unspecified atom stereocenters. The molecular formula is C27H32N2O5. The fourth-order valence-corrected chi connectivity index (χ4v) is 4.98. The molecule has 3 N–H and O–H groups in total. The van der Waals surface area contributed by atoms with E-state index in [0.717, 1.165) is 28.7 Å². The molecule has 0 saturated heterocycles. The van der Waals surface area contributed by atoms with Crippen molar-refractivity contribution in [3.8, 4) is 11.1 Å². The van der Waals surface area contributed by atoms with Crippen LogP contribution in [0.1, 0.15) is 56.6 Å². The van der Waals surface area contributed by atoms with Crippen molar-refractivity contribution in [2.75, 3.05) is 13.2 Å². The predicted molar refractivity (Wildman–Crippen MR) is 128 cm³/mol. The third-order valence-corrected chi connectivity index (χ3v) is 7.02. The van der Waals surface area contributed by atoms with Gasteiger partial charge in [-0.25, -0.2) is 9.59 Å². The lowest BCUT2D eigenvalue weighted by molar-refractivity contribution is -0.146. The SMILES string of the molecule is CC(C)C[C@H](NC(=O)C1(CNC(=O)OCC2c3ccccc3-c3ccccc32)CCC1)C(=O)O. The molecule has 2 amide bonds. The number of nitrogens with one attached hydrogen (secondary N) is 2. The number of carbonyl (C=O) groups excluding carboxylic acids is 2. The molecule has 1 fully saturated rings. The van der Waals surface area contributed by atoms with Crippen LogP contribution in [0.5, 0.6) is 0 Å². The molecule has 4 rings (SSSR count). The highest BCUT2D eigenvalue weighted by molar-refractivity contribution is 5.88. The zero-order valence-electron chi connectivity index (χ0n) is 19.7. The molecule has 7 heteroatoms. The Morgan fingerprint density at radius 3 is 2.12 bits per heavy atom. The first kappa shape index (κ1) is 23.8. The Balaban J connectivity index is 1.35. The molecule has 7 nitrogen and oxygen atoms in total. The van der Waals surface area contributed by atoms with E-state index in [0.29, 0.717) is 19.3 Å². The molecule has 2 aromatic carbocycles. The van der Waals surface area contributed by atoms with Gasteiger partial charge in [0.05, 0.1) is 5.41 Å². The molecule has 34 heavy (non-hydrogen) atoms. The van der Waals surface area contributed by atoms with Gasteiger partial charge in [-0.2, -0.15) is 0 Å². The molecule has 0 aliphatic heterocycles. The summed E-state index contributed by atoms with van der Waals surface area (Å²) < 4.78 is 5.58. The standard InChI is InChI=1S/C27H32N2O5/c1-17(2)14-23(24(30)31)29-25(32)27(12-7-13-27)16-28-26(33)34-15-22-20-10-5-3-8-18(20)19-9-4-6-11-21(19)22/h3-6,8-11,17,22-23H,7,12-16H2,1-2H3,(H,28,33)(H,29,32)(H,30,31)/t23-/m0/s1. The van der Waals surface area contributed by atoms with Crippen LogP contribution in [0.25, 0.3) is 11.1 Å². The Morgan fingerprint density at radius 2 is 1.62 bits per heavy atom. The molecule has 0 spiro atoms. The van der Waals surface area contributed by atoms with Crippen molar-refractivity contribution >= 4 is 18.0 Å². The Bertz CT molecular complexity index is 1030. The van der Waals surface area contributed by atoms with Gasteiger partial charge in [-0.05, 0) is 47.4 Å². The van der Waals surface area contributed by atoms with Crippen molar-refractivity contribution in [2.45, 2.75) is 51.5 Å². The number of carbonyl (C=O) groups is 3. The van der Waals surface area contributed by atoms with Crippen LogP contribution in [0, 0.1) is 11.3 Å². The van der Waals surface area contributed by atoms with E-state index in [1.54, 1.807) is 0 Å². The maximum atomic E-state index is 12.9. The monoisotopic (exact) mass is 464 g/mol. The molecule has 1 saturated carbocycles. The zero-order chi connectivity index (χ0) is 24.3. The minimum atomic E-state index is -1.04. The Kier molecular flexibility index (Phi) is 6.91. The largest absolute Gasteiger partial charge is 0.480 e. The van der Waals surface area contributed by atoms with E-state index in [9.17, 15) is 19.5 Å². The van der Waals surface area contributed by atoms with Crippen molar-refractivity contribution in [1.82, 2.24) is 10.6 Å². The summed E-state index contributed by atoms with van der Waals surface area (Å²) in [7, 11) is 0. The van der Waals surface area contributed by atoms with Crippen LogP contribution in [-0.4, -0.2) is 42.3 Å². The summed E-state index contributed by atoms with van der Waals surface area (Å²) in [5, 5.41) is 14.9. The first-order chi connectivity index (χ1) is 16.3. The zero-order valence-corrected chi connectivity index (χ0v) is 19.7. The third kappa shape index (κ3) is 4.79. The number of carboxylic acid groups (broad SMARTS) is 1. The van der Waals surface area contributed by atoms with Gasteiger partial charge in [0, 0.05) is 12.5 Å². The van der Waals surface area contributed by atoms with Gasteiger partial charge in [0.1, 0.15) is 12.6 Å². The quantitative estimate of drug-likeness (QED) is 0.513. The average Bonchev–Trinajstić information content (AvgIpc) is 3.10. The summed E-state index contributed by atoms with van der Waals surface area (Å²) in [5.41, 5.74) is 3.81. The maximum Gasteiger partial charge on any atom is 0.407 e. The number of alkyl carbamates (subject to hydrolysis) is 1. The number of hydrogen-bond acceptors (Lipinski definition) is 4. The van der Waals surface area contributed by atoms with Gasteiger partial charge in [0.2, 0.25) is 5.91 Å². The summed E-state index contributed by atoms with van der Waals surface area (Å²) in [6.07, 6.45) is 1.86. The predicted octanol–water partition coefficient (Wildman–Crippen LogP) is 4.31. The van der Waals surface area contributed by atoms with E-state index in [4.69, 9.17) is 4.74 Å². The van der Waals surface area contributed by atoms with Crippen LogP contribution >= 0.6 is 0 Å². The molecule has 0 radical (unpaired) electrons. The lowest BCUT2D eigenvalue weighted by Crippen LogP contribution is -2.56. The minimum Gasteiger partial charge on any atom is -0.480 e. The number of rotatable bonds is 9. The van der Waals surface area contributed by atoms with Gasteiger partial charge < -0.3 is 20.5 Å². The molecular weight excluding hydrogens is 432 g/mol. The van der Waals surface area contributed by atoms with E-state index < -0.39 is 23.5 Å². The second-order valence-corrected chi connectivity index (χ2v) is 9.81. The van der Waals surface area contributed by atoms with Crippen LogP contribution in [0.4, 0.5) is 4.79 Å². The number of hydrogen-bond donors (Lipinski definition) is 3. The molecule has 0 aromatic heterocycles. The Hall–Kier alpha value is -3.35. The normalized spacial score (nSPS) is 16.7. The van der Waals surface area contributed by atoms with Gasteiger partial charge >= 0.3 is 12.1 Å². The molecule has 2 aliphatic carbocycles. The molecule has 0 heterocycles. The molecule has 0 bridgehead atoms. The summed E-state index contributed by atoms with van der Waals surface area (Å²) in [4.78, 5) is 37.0. The van der Waals surface area contributed by atoms with Crippen LogP contribution in [0.2, 0.25) is 0 Å². The first-order valence-corrected chi connectivity index (χ1v) is 11.9. The maximum absolute atomic E-state index is 12.9. The smallest absolute Gasteiger partial charge is 0.407 e. The molecule has 180 valence electrons. The second kappa shape index (κ2) is 9.87. The Labute approximate surface area is 199 Å². The van der Waals surface area contributed by atoms with Gasteiger partial charge in [0.25, 0.3) is 0 Å². The topological polar surface area (TPSA) is 105 Å². The van der Waals surface area contributed by atoms with Gasteiger partial charge in [-0.15, -0.1) is 0 Å². The second-order valence-electron chi connectivity index (χ2n) is 9.81. The lowest BCUT2D eigenvalue weighted by atomic mass is 9.68. The van der Waals surface area contributed by atoms with E-state index in [-0.39, 0.29) is 30.9 Å². The highest BCUT2D eigenvalue weighted by Gasteiger charge is 2.45. The van der Waals surface area contributed by atoms with E-state index in [1.807, 2.05) is 38.1 Å². The number of fused-ring (bicyclic) bond motifs is 3. The van der Waals surface area contributed by atoms with Crippen molar-refractivity contribution in [1.29, 1.82) is 0 Å². The number of aliphatic carboxylic acids is 1. The van der Waals surface area contributed by atoms with Gasteiger partial charge in [-0.1, -0.05) is 68.8 Å². The fourth-order valence-electron chi connectivity index (χ4n) is 4.98. The van der Waals surface area contributed by atoms with E-state index in [2.05, 4.69) is 34.9 Å². The van der Waals surface area contributed by atoms with Crippen LogP contribution in [0.3, 0.4) is 0 Å². The summed E-state index contributed by atoms with van der Waals surface area (Å²) in [6.45, 7) is 4.16. The average molecular weight is 465 g/mol. The Morgan fingerprint density at radius 1 is 1.03 bits per heavy atom. The number of ether oxygens (including phenoxy) is 1. The summed E-state index contributed by atoms with van der Waals surface area (Å²) >= 11 is 0. The molecule has 2 aliphatic rings. The number of carboxylic acids is 1. The van der Waals surface area contributed by atoms with Crippen molar-refractivity contribution in [3.63, 3.8) is 0 Å². The van der Waals surface area contributed by atoms with Crippen molar-refractivity contribution in [2.24, 2.45) is 11.3 Å². The molecule has 2 aromatic rings. The highest BCUT2D eigenvalue weighted by atomic mass is 16.5. The lowest BCUT2D eigenvalue weighted by Gasteiger charge is -2.40. The highest BCUT2D eigenvalue weighted by Crippen LogP contribution is 2.44. The van der Waals surface area contributed by atoms with Crippen molar-refractivity contribution in [3.05, 3.63) is 59.7 Å². The van der Waals surface area contributed by atoms with Crippen LogP contribution in [0.15, 0.2) is 48.5 Å².